The number of aromatic nitrogens is 5. The Morgan fingerprint density at radius 3 is 2.80 bits per heavy atom. The average molecular weight is 270 g/mol. The fraction of sp³-hybridized carbons (Fsp3) is 0.357. The number of imidazole rings is 1. The fourth-order valence-corrected chi connectivity index (χ4v) is 2.33. The first-order valence-corrected chi connectivity index (χ1v) is 6.60. The second-order valence-corrected chi connectivity index (χ2v) is 4.98. The fourth-order valence-electron chi connectivity index (χ4n) is 2.33. The minimum absolute atomic E-state index is 0.744. The van der Waals surface area contributed by atoms with E-state index in [-0.39, 0.29) is 0 Å². The van der Waals surface area contributed by atoms with Crippen molar-refractivity contribution in [2.24, 2.45) is 14.1 Å². The van der Waals surface area contributed by atoms with Gasteiger partial charge in [0.05, 0.1) is 12.2 Å². The summed E-state index contributed by atoms with van der Waals surface area (Å²) in [5.74, 6) is 1.02. The van der Waals surface area contributed by atoms with Gasteiger partial charge in [0, 0.05) is 44.6 Å². The Labute approximate surface area is 117 Å². The van der Waals surface area contributed by atoms with Crippen LogP contribution in [0.3, 0.4) is 0 Å². The Bertz CT molecular complexity index is 739. The number of hydrogen-bond acceptors (Lipinski definition) is 4. The van der Waals surface area contributed by atoms with Gasteiger partial charge in [0.25, 0.3) is 0 Å². The van der Waals surface area contributed by atoms with Crippen molar-refractivity contribution in [1.29, 1.82) is 0 Å². The number of rotatable bonds is 4. The van der Waals surface area contributed by atoms with Crippen molar-refractivity contribution in [2.75, 3.05) is 0 Å². The minimum atomic E-state index is 0.744. The SMILES string of the molecule is Cc1nn(C)c2ncc(CNCc3nccn3C)cc12. The van der Waals surface area contributed by atoms with Crippen molar-refractivity contribution in [3.8, 4) is 0 Å². The summed E-state index contributed by atoms with van der Waals surface area (Å²) in [4.78, 5) is 8.76. The Morgan fingerprint density at radius 1 is 1.20 bits per heavy atom. The van der Waals surface area contributed by atoms with Gasteiger partial charge in [-0.25, -0.2) is 9.97 Å². The highest BCUT2D eigenvalue weighted by Gasteiger charge is 2.07. The molecule has 0 aliphatic heterocycles. The molecule has 0 aliphatic carbocycles. The van der Waals surface area contributed by atoms with Crippen LogP contribution in [-0.4, -0.2) is 24.3 Å². The standard InChI is InChI=1S/C14H18N6/c1-10-12-6-11(8-17-14(12)20(3)18-10)7-15-9-13-16-4-5-19(13)2/h4-6,8,15H,7,9H2,1-3H3. The highest BCUT2D eigenvalue weighted by atomic mass is 15.3. The summed E-state index contributed by atoms with van der Waals surface area (Å²) in [6.45, 7) is 3.52. The predicted molar refractivity (Wildman–Crippen MR) is 77.0 cm³/mol. The molecule has 0 spiro atoms. The van der Waals surface area contributed by atoms with Crippen LogP contribution in [0.1, 0.15) is 17.1 Å². The van der Waals surface area contributed by atoms with Crippen LogP contribution < -0.4 is 5.32 Å². The lowest BCUT2D eigenvalue weighted by atomic mass is 10.2. The maximum absolute atomic E-state index is 4.47. The summed E-state index contributed by atoms with van der Waals surface area (Å²) in [6.07, 6.45) is 5.65. The molecule has 6 heteroatoms. The third-order valence-corrected chi connectivity index (χ3v) is 3.45. The first kappa shape index (κ1) is 12.8. The number of nitrogens with one attached hydrogen (secondary N) is 1. The minimum Gasteiger partial charge on any atom is -0.337 e. The quantitative estimate of drug-likeness (QED) is 0.776. The van der Waals surface area contributed by atoms with Crippen molar-refractivity contribution < 1.29 is 0 Å². The van der Waals surface area contributed by atoms with Crippen molar-refractivity contribution >= 4 is 11.0 Å². The van der Waals surface area contributed by atoms with Crippen molar-refractivity contribution in [3.05, 3.63) is 41.7 Å². The zero-order valence-corrected chi connectivity index (χ0v) is 12.0. The second-order valence-electron chi connectivity index (χ2n) is 4.98. The molecular formula is C14H18N6. The van der Waals surface area contributed by atoms with Crippen molar-refractivity contribution in [2.45, 2.75) is 20.0 Å². The van der Waals surface area contributed by atoms with E-state index in [1.54, 1.807) is 0 Å². The number of fused-ring (bicyclic) bond motifs is 1. The largest absolute Gasteiger partial charge is 0.337 e. The van der Waals surface area contributed by atoms with Crippen LogP contribution in [0.25, 0.3) is 11.0 Å². The van der Waals surface area contributed by atoms with Gasteiger partial charge in [-0.05, 0) is 18.6 Å². The Balaban J connectivity index is 1.72. The molecule has 3 rings (SSSR count). The van der Waals surface area contributed by atoms with Gasteiger partial charge >= 0.3 is 0 Å². The first-order valence-electron chi connectivity index (χ1n) is 6.60. The van der Waals surface area contributed by atoms with Gasteiger partial charge < -0.3 is 9.88 Å². The van der Waals surface area contributed by atoms with E-state index >= 15 is 0 Å². The van der Waals surface area contributed by atoms with Gasteiger partial charge in [0.2, 0.25) is 0 Å². The number of hydrogen-bond donors (Lipinski definition) is 1. The van der Waals surface area contributed by atoms with Crippen LogP contribution in [0.5, 0.6) is 0 Å². The Hall–Kier alpha value is -2.21. The lowest BCUT2D eigenvalue weighted by Gasteiger charge is -2.05. The molecule has 20 heavy (non-hydrogen) atoms. The van der Waals surface area contributed by atoms with E-state index in [1.165, 1.54) is 0 Å². The molecule has 3 aromatic rings. The van der Waals surface area contributed by atoms with Crippen molar-refractivity contribution in [3.63, 3.8) is 0 Å². The lowest BCUT2D eigenvalue weighted by Crippen LogP contribution is -2.15. The van der Waals surface area contributed by atoms with Gasteiger partial charge in [0.1, 0.15) is 5.82 Å². The number of nitrogens with zero attached hydrogens (tertiary/aromatic N) is 5. The van der Waals surface area contributed by atoms with E-state index < -0.39 is 0 Å². The average Bonchev–Trinajstić information content (AvgIpc) is 2.95. The topological polar surface area (TPSA) is 60.6 Å². The van der Waals surface area contributed by atoms with E-state index in [0.29, 0.717) is 0 Å². The highest BCUT2D eigenvalue weighted by molar-refractivity contribution is 5.78. The summed E-state index contributed by atoms with van der Waals surface area (Å²) in [6, 6.07) is 2.15. The molecule has 0 bridgehead atoms. The smallest absolute Gasteiger partial charge is 0.157 e. The molecule has 3 heterocycles. The molecule has 3 aromatic heterocycles. The Kier molecular flexibility index (Phi) is 3.23. The molecule has 0 amide bonds. The Morgan fingerprint density at radius 2 is 2.05 bits per heavy atom. The maximum Gasteiger partial charge on any atom is 0.157 e. The normalized spacial score (nSPS) is 11.3. The van der Waals surface area contributed by atoms with E-state index in [4.69, 9.17) is 0 Å². The predicted octanol–water partition coefficient (Wildman–Crippen LogP) is 1.30. The van der Waals surface area contributed by atoms with Crippen molar-refractivity contribution in [1.82, 2.24) is 29.6 Å². The second kappa shape index (κ2) is 5.05. The molecule has 0 aromatic carbocycles. The van der Waals surface area contributed by atoms with Crippen LogP contribution in [0.4, 0.5) is 0 Å². The van der Waals surface area contributed by atoms with Crippen LogP contribution in [0.2, 0.25) is 0 Å². The highest BCUT2D eigenvalue weighted by Crippen LogP contribution is 2.16. The van der Waals surface area contributed by atoms with Crippen LogP contribution in [0, 0.1) is 6.92 Å². The first-order chi connectivity index (χ1) is 9.65. The third kappa shape index (κ3) is 2.30. The van der Waals surface area contributed by atoms with E-state index in [1.807, 2.05) is 48.9 Å². The molecule has 0 saturated carbocycles. The monoisotopic (exact) mass is 270 g/mol. The molecule has 0 aliphatic rings. The summed E-state index contributed by atoms with van der Waals surface area (Å²) in [5, 5.41) is 8.88. The summed E-state index contributed by atoms with van der Waals surface area (Å²) in [7, 11) is 3.91. The van der Waals surface area contributed by atoms with Crippen LogP contribution in [0.15, 0.2) is 24.7 Å². The summed E-state index contributed by atoms with van der Waals surface area (Å²) >= 11 is 0. The van der Waals surface area contributed by atoms with Crippen LogP contribution in [-0.2, 0) is 27.2 Å². The van der Waals surface area contributed by atoms with Gasteiger partial charge in [-0.2, -0.15) is 5.10 Å². The summed E-state index contributed by atoms with van der Waals surface area (Å²) in [5.41, 5.74) is 3.10. The molecule has 0 fully saturated rings. The van der Waals surface area contributed by atoms with Gasteiger partial charge in [-0.3, -0.25) is 4.68 Å². The van der Waals surface area contributed by atoms with Crippen LogP contribution >= 0.6 is 0 Å². The molecule has 6 nitrogen and oxygen atoms in total. The lowest BCUT2D eigenvalue weighted by molar-refractivity contribution is 0.638. The van der Waals surface area contributed by atoms with Gasteiger partial charge in [0.15, 0.2) is 5.65 Å². The summed E-state index contributed by atoms with van der Waals surface area (Å²) < 4.78 is 3.83. The molecule has 0 unspecified atom stereocenters. The molecule has 0 radical (unpaired) electrons. The van der Waals surface area contributed by atoms with E-state index in [0.717, 1.165) is 41.2 Å². The number of pyridine rings is 1. The van der Waals surface area contributed by atoms with Gasteiger partial charge in [-0.15, -0.1) is 0 Å². The molecule has 0 atom stereocenters. The zero-order chi connectivity index (χ0) is 14.1. The zero-order valence-electron chi connectivity index (χ0n) is 12.0. The maximum atomic E-state index is 4.47. The third-order valence-electron chi connectivity index (χ3n) is 3.45. The molecule has 104 valence electrons. The van der Waals surface area contributed by atoms with Gasteiger partial charge in [-0.1, -0.05) is 0 Å². The molecular weight excluding hydrogens is 252 g/mol. The number of aryl methyl sites for hydroxylation is 3. The molecule has 0 saturated heterocycles. The van der Waals surface area contributed by atoms with E-state index in [2.05, 4.69) is 26.4 Å². The molecule has 1 N–H and O–H groups in total. The van der Waals surface area contributed by atoms with E-state index in [9.17, 15) is 0 Å².